The first-order chi connectivity index (χ1) is 7.71. The first-order valence-corrected chi connectivity index (χ1v) is 6.40. The number of carbonyl (C=O) groups is 1. The molecule has 0 bridgehead atoms. The van der Waals surface area contributed by atoms with Crippen LogP contribution in [0.15, 0.2) is 24.3 Å². The Morgan fingerprint density at radius 3 is 2.50 bits per heavy atom. The molecule has 3 nitrogen and oxygen atoms in total. The Hall–Kier alpha value is -0.870. The van der Waals surface area contributed by atoms with Crippen LogP contribution in [0.25, 0.3) is 0 Å². The molecular formula is C12H16BrNO2. The number of nitrogens with one attached hydrogen (secondary N) is 1. The van der Waals surface area contributed by atoms with Crippen molar-refractivity contribution in [1.82, 2.24) is 5.32 Å². The highest BCUT2D eigenvalue weighted by atomic mass is 79.9. The van der Waals surface area contributed by atoms with Crippen molar-refractivity contribution in [2.75, 3.05) is 6.61 Å². The number of benzene rings is 1. The van der Waals surface area contributed by atoms with Crippen molar-refractivity contribution in [3.8, 4) is 0 Å². The highest BCUT2D eigenvalue weighted by Gasteiger charge is 2.10. The van der Waals surface area contributed by atoms with Crippen LogP contribution in [0.1, 0.15) is 29.3 Å². The predicted molar refractivity (Wildman–Crippen MR) is 67.7 cm³/mol. The molecule has 0 spiro atoms. The number of amides is 1. The summed E-state index contributed by atoms with van der Waals surface area (Å²) in [5, 5.41) is 12.5. The lowest BCUT2D eigenvalue weighted by atomic mass is 10.1. The number of aliphatic hydroxyl groups is 1. The van der Waals surface area contributed by atoms with Crippen molar-refractivity contribution >= 4 is 21.8 Å². The molecule has 4 heteroatoms. The zero-order valence-corrected chi connectivity index (χ0v) is 10.8. The molecule has 0 aliphatic carbocycles. The van der Waals surface area contributed by atoms with E-state index in [1.165, 1.54) is 0 Å². The summed E-state index contributed by atoms with van der Waals surface area (Å²) < 4.78 is 0. The Kier molecular flexibility index (Phi) is 5.49. The van der Waals surface area contributed by atoms with Crippen LogP contribution < -0.4 is 5.32 Å². The van der Waals surface area contributed by atoms with Crippen LogP contribution in [0, 0.1) is 0 Å². The molecule has 0 saturated carbocycles. The van der Waals surface area contributed by atoms with Gasteiger partial charge in [-0.05, 0) is 24.1 Å². The molecular weight excluding hydrogens is 270 g/mol. The summed E-state index contributed by atoms with van der Waals surface area (Å²) in [5.41, 5.74) is 1.75. The van der Waals surface area contributed by atoms with Crippen LogP contribution in [0.5, 0.6) is 0 Å². The van der Waals surface area contributed by atoms with Crippen molar-refractivity contribution in [2.45, 2.75) is 24.7 Å². The highest BCUT2D eigenvalue weighted by Crippen LogP contribution is 2.08. The van der Waals surface area contributed by atoms with Crippen LogP contribution in [0.3, 0.4) is 0 Å². The third-order valence-electron chi connectivity index (χ3n) is 2.42. The smallest absolute Gasteiger partial charge is 0.251 e. The van der Waals surface area contributed by atoms with Crippen molar-refractivity contribution in [1.29, 1.82) is 0 Å². The summed E-state index contributed by atoms with van der Waals surface area (Å²) >= 11 is 3.35. The van der Waals surface area contributed by atoms with Crippen molar-refractivity contribution in [2.24, 2.45) is 0 Å². The standard InChI is InChI=1S/C12H16BrNO2/c1-2-11(8-15)14-12(16)10-5-3-9(7-13)4-6-10/h3-6,11,15H,2,7-8H2,1H3,(H,14,16)/t11-/m0/s1. The van der Waals surface area contributed by atoms with Gasteiger partial charge in [-0.1, -0.05) is 35.0 Å². The summed E-state index contributed by atoms with van der Waals surface area (Å²) in [4.78, 5) is 11.7. The Labute approximate surface area is 104 Å². The molecule has 1 aromatic carbocycles. The average Bonchev–Trinajstić information content (AvgIpc) is 2.35. The lowest BCUT2D eigenvalue weighted by molar-refractivity contribution is 0.0915. The van der Waals surface area contributed by atoms with Crippen LogP contribution in [0.2, 0.25) is 0 Å². The van der Waals surface area contributed by atoms with Gasteiger partial charge in [0.25, 0.3) is 5.91 Å². The minimum atomic E-state index is -0.164. The molecule has 2 N–H and O–H groups in total. The zero-order valence-electron chi connectivity index (χ0n) is 9.24. The third kappa shape index (κ3) is 3.61. The van der Waals surface area contributed by atoms with E-state index < -0.39 is 0 Å². The minimum absolute atomic E-state index is 0.0261. The first-order valence-electron chi connectivity index (χ1n) is 5.27. The van der Waals surface area contributed by atoms with E-state index in [9.17, 15) is 4.79 Å². The van der Waals surface area contributed by atoms with E-state index in [2.05, 4.69) is 21.2 Å². The molecule has 0 fully saturated rings. The molecule has 0 radical (unpaired) electrons. The largest absolute Gasteiger partial charge is 0.394 e. The number of rotatable bonds is 5. The molecule has 0 saturated heterocycles. The fourth-order valence-corrected chi connectivity index (χ4v) is 1.66. The van der Waals surface area contributed by atoms with Crippen LogP contribution >= 0.6 is 15.9 Å². The van der Waals surface area contributed by atoms with E-state index in [-0.39, 0.29) is 18.6 Å². The van der Waals surface area contributed by atoms with Gasteiger partial charge in [-0.25, -0.2) is 0 Å². The van der Waals surface area contributed by atoms with E-state index in [0.29, 0.717) is 5.56 Å². The monoisotopic (exact) mass is 285 g/mol. The van der Waals surface area contributed by atoms with Gasteiger partial charge in [-0.2, -0.15) is 0 Å². The highest BCUT2D eigenvalue weighted by molar-refractivity contribution is 9.08. The molecule has 1 amide bonds. The maximum absolute atomic E-state index is 11.7. The van der Waals surface area contributed by atoms with Crippen LogP contribution in [-0.2, 0) is 5.33 Å². The quantitative estimate of drug-likeness (QED) is 0.814. The molecule has 1 rings (SSSR count). The van der Waals surface area contributed by atoms with Crippen molar-refractivity contribution in [3.05, 3.63) is 35.4 Å². The summed E-state index contributed by atoms with van der Waals surface area (Å²) in [6, 6.07) is 7.22. The van der Waals surface area contributed by atoms with Crippen LogP contribution in [0.4, 0.5) is 0 Å². The second kappa shape index (κ2) is 6.66. The summed E-state index contributed by atoms with van der Waals surface area (Å²) in [6.45, 7) is 1.90. The second-order valence-corrected chi connectivity index (χ2v) is 4.15. The van der Waals surface area contributed by atoms with Gasteiger partial charge >= 0.3 is 0 Å². The summed E-state index contributed by atoms with van der Waals surface area (Å²) in [6.07, 6.45) is 0.724. The predicted octanol–water partition coefficient (Wildman–Crippen LogP) is 2.08. The maximum atomic E-state index is 11.7. The Bertz CT molecular complexity index is 333. The van der Waals surface area contributed by atoms with Crippen LogP contribution in [-0.4, -0.2) is 23.7 Å². The fourth-order valence-electron chi connectivity index (χ4n) is 1.29. The van der Waals surface area contributed by atoms with Gasteiger partial charge in [0.05, 0.1) is 12.6 Å². The molecule has 0 aliphatic rings. The van der Waals surface area contributed by atoms with Gasteiger partial charge in [-0.3, -0.25) is 4.79 Å². The molecule has 1 aromatic rings. The number of hydrogen-bond donors (Lipinski definition) is 2. The van der Waals surface area contributed by atoms with E-state index in [0.717, 1.165) is 17.3 Å². The second-order valence-electron chi connectivity index (χ2n) is 3.59. The summed E-state index contributed by atoms with van der Waals surface area (Å²) in [7, 11) is 0. The Morgan fingerprint density at radius 1 is 1.44 bits per heavy atom. The van der Waals surface area contributed by atoms with Crippen molar-refractivity contribution < 1.29 is 9.90 Å². The maximum Gasteiger partial charge on any atom is 0.251 e. The molecule has 0 aliphatic heterocycles. The van der Waals surface area contributed by atoms with Gasteiger partial charge in [-0.15, -0.1) is 0 Å². The van der Waals surface area contributed by atoms with Gasteiger partial charge in [0.15, 0.2) is 0 Å². The molecule has 16 heavy (non-hydrogen) atoms. The normalized spacial score (nSPS) is 12.2. The Morgan fingerprint density at radius 2 is 2.06 bits per heavy atom. The first kappa shape index (κ1) is 13.2. The van der Waals surface area contributed by atoms with E-state index in [4.69, 9.17) is 5.11 Å². The van der Waals surface area contributed by atoms with Gasteiger partial charge < -0.3 is 10.4 Å². The van der Waals surface area contributed by atoms with E-state index >= 15 is 0 Å². The zero-order chi connectivity index (χ0) is 12.0. The topological polar surface area (TPSA) is 49.3 Å². The van der Waals surface area contributed by atoms with Gasteiger partial charge in [0, 0.05) is 10.9 Å². The number of aliphatic hydroxyl groups excluding tert-OH is 1. The van der Waals surface area contributed by atoms with Crippen molar-refractivity contribution in [3.63, 3.8) is 0 Å². The molecule has 88 valence electrons. The minimum Gasteiger partial charge on any atom is -0.394 e. The molecule has 0 heterocycles. The van der Waals surface area contributed by atoms with E-state index in [1.54, 1.807) is 12.1 Å². The molecule has 0 unspecified atom stereocenters. The molecule has 1 atom stereocenters. The van der Waals surface area contributed by atoms with Gasteiger partial charge in [0.1, 0.15) is 0 Å². The number of alkyl halides is 1. The fraction of sp³-hybridized carbons (Fsp3) is 0.417. The number of hydrogen-bond acceptors (Lipinski definition) is 2. The van der Waals surface area contributed by atoms with E-state index in [1.807, 2.05) is 19.1 Å². The average molecular weight is 286 g/mol. The summed E-state index contributed by atoms with van der Waals surface area (Å²) in [5.74, 6) is -0.137. The number of carbonyl (C=O) groups excluding carboxylic acids is 1. The molecule has 0 aromatic heterocycles. The van der Waals surface area contributed by atoms with Gasteiger partial charge in [0.2, 0.25) is 0 Å². The lowest BCUT2D eigenvalue weighted by Crippen LogP contribution is -2.36. The Balaban J connectivity index is 2.65. The third-order valence-corrected chi connectivity index (χ3v) is 3.07. The lowest BCUT2D eigenvalue weighted by Gasteiger charge is -2.13. The number of halogens is 1. The SMILES string of the molecule is CC[C@@H](CO)NC(=O)c1ccc(CBr)cc1.